The summed E-state index contributed by atoms with van der Waals surface area (Å²) in [5, 5.41) is 13.3. The third-order valence-electron chi connectivity index (χ3n) is 3.24. The van der Waals surface area contributed by atoms with Crippen LogP contribution in [0.15, 0.2) is 18.2 Å². The quantitative estimate of drug-likeness (QED) is 0.851. The molecule has 0 amide bonds. The first-order chi connectivity index (χ1) is 9.15. The van der Waals surface area contributed by atoms with Gasteiger partial charge in [-0.05, 0) is 24.1 Å². The third kappa shape index (κ3) is 4.40. The molecule has 0 unspecified atom stereocenters. The maximum Gasteiger partial charge on any atom is 0.120 e. The molecule has 0 spiro atoms. The third-order valence-corrected chi connectivity index (χ3v) is 3.24. The van der Waals surface area contributed by atoms with E-state index in [1.165, 1.54) is 0 Å². The highest BCUT2D eigenvalue weighted by Gasteiger charge is 2.13. The van der Waals surface area contributed by atoms with Crippen LogP contribution in [0, 0.1) is 5.92 Å². The molecule has 0 aliphatic carbocycles. The molecule has 1 heterocycles. The highest BCUT2D eigenvalue weighted by molar-refractivity contribution is 5.39. The zero-order chi connectivity index (χ0) is 13.7. The Morgan fingerprint density at radius 2 is 2.05 bits per heavy atom. The molecule has 106 valence electrons. The lowest BCUT2D eigenvalue weighted by Crippen LogP contribution is -2.42. The molecule has 1 aromatic rings. The van der Waals surface area contributed by atoms with Gasteiger partial charge in [0.2, 0.25) is 0 Å². The van der Waals surface area contributed by atoms with E-state index in [1.807, 2.05) is 12.1 Å². The van der Waals surface area contributed by atoms with Gasteiger partial charge in [0.1, 0.15) is 11.5 Å². The molecule has 2 rings (SSSR count). The fourth-order valence-electron chi connectivity index (χ4n) is 2.15. The van der Waals surface area contributed by atoms with Crippen LogP contribution in [0.25, 0.3) is 0 Å². The molecule has 2 N–H and O–H groups in total. The van der Waals surface area contributed by atoms with Crippen molar-refractivity contribution in [3.05, 3.63) is 23.8 Å². The summed E-state index contributed by atoms with van der Waals surface area (Å²) in [7, 11) is 0. The summed E-state index contributed by atoms with van der Waals surface area (Å²) in [4.78, 5) is 2.35. The van der Waals surface area contributed by atoms with E-state index in [4.69, 9.17) is 4.74 Å². The van der Waals surface area contributed by atoms with Crippen LogP contribution in [0.5, 0.6) is 11.5 Å². The molecular weight excluding hydrogens is 240 g/mol. The van der Waals surface area contributed by atoms with Crippen LogP contribution in [-0.2, 0) is 6.54 Å². The monoisotopic (exact) mass is 264 g/mol. The van der Waals surface area contributed by atoms with Gasteiger partial charge in [-0.3, -0.25) is 4.90 Å². The van der Waals surface area contributed by atoms with Crippen molar-refractivity contribution in [1.82, 2.24) is 10.2 Å². The summed E-state index contributed by atoms with van der Waals surface area (Å²) in [6, 6.07) is 5.52. The van der Waals surface area contributed by atoms with E-state index in [1.54, 1.807) is 6.07 Å². The van der Waals surface area contributed by atoms with E-state index < -0.39 is 0 Å². The number of benzene rings is 1. The number of phenols is 1. The van der Waals surface area contributed by atoms with Crippen molar-refractivity contribution in [2.45, 2.75) is 20.4 Å². The second-order valence-electron chi connectivity index (χ2n) is 5.52. The summed E-state index contributed by atoms with van der Waals surface area (Å²) < 4.78 is 5.71. The highest BCUT2D eigenvalue weighted by Crippen LogP contribution is 2.24. The first-order valence-corrected chi connectivity index (χ1v) is 7.03. The number of nitrogens with one attached hydrogen (secondary N) is 1. The fraction of sp³-hybridized carbons (Fsp3) is 0.600. The van der Waals surface area contributed by atoms with Crippen molar-refractivity contribution in [2.75, 3.05) is 32.8 Å². The Balaban J connectivity index is 1.99. The minimum absolute atomic E-state index is 0.357. The largest absolute Gasteiger partial charge is 0.508 e. The summed E-state index contributed by atoms with van der Waals surface area (Å²) in [5.41, 5.74) is 0.947. The van der Waals surface area contributed by atoms with Gasteiger partial charge in [-0.15, -0.1) is 0 Å². The molecular formula is C15H24N2O2. The van der Waals surface area contributed by atoms with Crippen molar-refractivity contribution in [3.8, 4) is 11.5 Å². The van der Waals surface area contributed by atoms with E-state index in [-0.39, 0.29) is 0 Å². The number of hydrogen-bond donors (Lipinski definition) is 2. The lowest BCUT2D eigenvalue weighted by atomic mass is 10.1. The molecule has 1 aliphatic heterocycles. The second kappa shape index (κ2) is 6.78. The molecule has 0 saturated carbocycles. The van der Waals surface area contributed by atoms with Crippen molar-refractivity contribution in [1.29, 1.82) is 0 Å². The topological polar surface area (TPSA) is 44.7 Å². The first kappa shape index (κ1) is 14.2. The summed E-state index contributed by atoms with van der Waals surface area (Å²) in [6.07, 6.45) is 0. The zero-order valence-corrected chi connectivity index (χ0v) is 11.9. The summed E-state index contributed by atoms with van der Waals surface area (Å²) in [5.74, 6) is 1.71. The van der Waals surface area contributed by atoms with Gasteiger partial charge in [-0.1, -0.05) is 13.8 Å². The Labute approximate surface area is 115 Å². The maximum absolute atomic E-state index is 9.95. The predicted octanol–water partition coefficient (Wildman–Crippen LogP) is 1.83. The van der Waals surface area contributed by atoms with E-state index in [9.17, 15) is 5.11 Å². The minimum Gasteiger partial charge on any atom is -0.508 e. The Hall–Kier alpha value is -1.26. The highest BCUT2D eigenvalue weighted by atomic mass is 16.5. The molecule has 1 aliphatic rings. The van der Waals surface area contributed by atoms with E-state index >= 15 is 0 Å². The van der Waals surface area contributed by atoms with Crippen LogP contribution in [-0.4, -0.2) is 42.8 Å². The van der Waals surface area contributed by atoms with Gasteiger partial charge in [-0.25, -0.2) is 0 Å². The molecule has 4 nitrogen and oxygen atoms in total. The number of rotatable bonds is 5. The van der Waals surface area contributed by atoms with Crippen LogP contribution in [0.3, 0.4) is 0 Å². The zero-order valence-electron chi connectivity index (χ0n) is 11.9. The number of phenolic OH excluding ortho intramolecular Hbond substituents is 1. The summed E-state index contributed by atoms with van der Waals surface area (Å²) >= 11 is 0. The number of nitrogens with zero attached hydrogens (tertiary/aromatic N) is 1. The molecule has 0 radical (unpaired) electrons. The van der Waals surface area contributed by atoms with E-state index in [2.05, 4.69) is 24.1 Å². The van der Waals surface area contributed by atoms with Crippen molar-refractivity contribution >= 4 is 0 Å². The maximum atomic E-state index is 9.95. The van der Waals surface area contributed by atoms with Crippen LogP contribution in [0.2, 0.25) is 0 Å². The molecule has 0 bridgehead atoms. The smallest absolute Gasteiger partial charge is 0.120 e. The van der Waals surface area contributed by atoms with Gasteiger partial charge in [0.05, 0.1) is 6.61 Å². The molecule has 1 saturated heterocycles. The van der Waals surface area contributed by atoms with E-state index in [0.29, 0.717) is 18.3 Å². The summed E-state index contributed by atoms with van der Waals surface area (Å²) in [6.45, 7) is 9.83. The van der Waals surface area contributed by atoms with E-state index in [0.717, 1.165) is 44.0 Å². The van der Waals surface area contributed by atoms with Gasteiger partial charge in [0.15, 0.2) is 0 Å². The van der Waals surface area contributed by atoms with Crippen molar-refractivity contribution < 1.29 is 9.84 Å². The molecule has 1 aromatic carbocycles. The molecule has 1 fully saturated rings. The number of piperazine rings is 1. The van der Waals surface area contributed by atoms with Crippen LogP contribution in [0.4, 0.5) is 0 Å². The van der Waals surface area contributed by atoms with Crippen LogP contribution >= 0.6 is 0 Å². The number of aromatic hydroxyl groups is 1. The predicted molar refractivity (Wildman–Crippen MR) is 76.6 cm³/mol. The molecule has 0 aromatic heterocycles. The van der Waals surface area contributed by atoms with Crippen LogP contribution in [0.1, 0.15) is 19.4 Å². The number of hydrogen-bond acceptors (Lipinski definition) is 4. The normalized spacial score (nSPS) is 16.8. The minimum atomic E-state index is 0.357. The van der Waals surface area contributed by atoms with Gasteiger partial charge >= 0.3 is 0 Å². The van der Waals surface area contributed by atoms with Crippen LogP contribution < -0.4 is 10.1 Å². The average molecular weight is 264 g/mol. The lowest BCUT2D eigenvalue weighted by molar-refractivity contribution is 0.229. The van der Waals surface area contributed by atoms with Crippen molar-refractivity contribution in [2.24, 2.45) is 5.92 Å². The van der Waals surface area contributed by atoms with Crippen molar-refractivity contribution in [3.63, 3.8) is 0 Å². The SMILES string of the molecule is CC(C)COc1ccc(O)c(CN2CCNCC2)c1. The number of ether oxygens (including phenoxy) is 1. The fourth-order valence-corrected chi connectivity index (χ4v) is 2.15. The van der Waals surface area contributed by atoms with Gasteiger partial charge < -0.3 is 15.2 Å². The Morgan fingerprint density at radius 3 is 2.74 bits per heavy atom. The molecule has 0 atom stereocenters. The van der Waals surface area contributed by atoms with Gasteiger partial charge in [0, 0.05) is 38.3 Å². The molecule has 19 heavy (non-hydrogen) atoms. The standard InChI is InChI=1S/C15H24N2O2/c1-12(2)11-19-14-3-4-15(18)13(9-14)10-17-7-5-16-6-8-17/h3-4,9,12,16,18H,5-8,10-11H2,1-2H3. The second-order valence-corrected chi connectivity index (χ2v) is 5.52. The average Bonchev–Trinajstić information content (AvgIpc) is 2.41. The van der Waals surface area contributed by atoms with Gasteiger partial charge in [0.25, 0.3) is 0 Å². The Bertz CT molecular complexity index is 401. The lowest BCUT2D eigenvalue weighted by Gasteiger charge is -2.27. The van der Waals surface area contributed by atoms with Gasteiger partial charge in [-0.2, -0.15) is 0 Å². The Morgan fingerprint density at radius 1 is 1.32 bits per heavy atom. The Kier molecular flexibility index (Phi) is 5.05. The first-order valence-electron chi connectivity index (χ1n) is 7.03. The molecule has 4 heteroatoms.